The summed E-state index contributed by atoms with van der Waals surface area (Å²) >= 11 is 0. The molecule has 18 heavy (non-hydrogen) atoms. The van der Waals surface area contributed by atoms with Gasteiger partial charge in [-0.1, -0.05) is 12.8 Å². The number of hydrogen-bond donors (Lipinski definition) is 2. The summed E-state index contributed by atoms with van der Waals surface area (Å²) in [5, 5.41) is 11.6. The molecule has 1 aliphatic carbocycles. The number of aryl methyl sites for hydroxylation is 1. The highest BCUT2D eigenvalue weighted by molar-refractivity contribution is 5.93. The zero-order chi connectivity index (χ0) is 13.1. The largest absolute Gasteiger partial charge is 0.481 e. The summed E-state index contributed by atoms with van der Waals surface area (Å²) in [6, 6.07) is 0.132. The molecule has 1 aromatic heterocycles. The van der Waals surface area contributed by atoms with Crippen LogP contribution in [0.5, 0.6) is 0 Å². The number of aliphatic carboxylic acids is 1. The summed E-state index contributed by atoms with van der Waals surface area (Å²) < 4.78 is 5.03. The molecule has 6 nitrogen and oxygen atoms in total. The van der Waals surface area contributed by atoms with Crippen LogP contribution in [0.4, 0.5) is 6.01 Å². The second kappa shape index (κ2) is 5.20. The lowest BCUT2D eigenvalue weighted by Gasteiger charge is -2.26. The predicted molar refractivity (Wildman–Crippen MR) is 63.0 cm³/mol. The molecule has 0 radical (unpaired) electrons. The maximum Gasteiger partial charge on any atom is 0.307 e. The minimum atomic E-state index is -0.904. The average Bonchev–Trinajstić information content (AvgIpc) is 2.74. The molecule has 0 aliphatic heterocycles. The van der Waals surface area contributed by atoms with Gasteiger partial charge in [-0.3, -0.25) is 14.9 Å². The Balaban J connectivity index is 2.04. The molecule has 1 aliphatic rings. The number of nitrogens with one attached hydrogen (secondary N) is 1. The molecule has 0 aromatic carbocycles. The summed E-state index contributed by atoms with van der Waals surface area (Å²) in [6.07, 6.45) is 4.33. The second-order valence-electron chi connectivity index (χ2n) is 4.62. The zero-order valence-electron chi connectivity index (χ0n) is 10.2. The number of carbonyl (C=O) groups is 2. The lowest BCUT2D eigenvalue weighted by atomic mass is 9.79. The van der Waals surface area contributed by atoms with Gasteiger partial charge in [-0.15, -0.1) is 0 Å². The van der Waals surface area contributed by atoms with Crippen molar-refractivity contribution >= 4 is 17.9 Å². The van der Waals surface area contributed by atoms with Crippen molar-refractivity contribution in [3.63, 3.8) is 0 Å². The Kier molecular flexibility index (Phi) is 3.64. The molecule has 1 amide bonds. The maximum absolute atomic E-state index is 12.0. The number of nitrogens with zero attached hydrogens (tertiary/aromatic N) is 1. The van der Waals surface area contributed by atoms with Gasteiger partial charge in [0.05, 0.1) is 17.5 Å². The summed E-state index contributed by atoms with van der Waals surface area (Å²) in [4.78, 5) is 27.1. The highest BCUT2D eigenvalue weighted by Gasteiger charge is 2.36. The number of oxazole rings is 1. The fraction of sp³-hybridized carbons (Fsp3) is 0.583. The number of carboxylic acid groups (broad SMARTS) is 1. The molecular weight excluding hydrogens is 236 g/mol. The molecule has 2 unspecified atom stereocenters. The average molecular weight is 252 g/mol. The Morgan fingerprint density at radius 1 is 1.39 bits per heavy atom. The van der Waals surface area contributed by atoms with E-state index < -0.39 is 17.8 Å². The van der Waals surface area contributed by atoms with Crippen LogP contribution in [-0.4, -0.2) is 22.0 Å². The number of amides is 1. The highest BCUT2D eigenvalue weighted by Crippen LogP contribution is 2.31. The van der Waals surface area contributed by atoms with Crippen molar-refractivity contribution in [2.45, 2.75) is 32.6 Å². The molecule has 1 aromatic rings. The number of hydrogen-bond acceptors (Lipinski definition) is 4. The summed E-state index contributed by atoms with van der Waals surface area (Å²) in [7, 11) is 0. The molecule has 0 spiro atoms. The summed E-state index contributed by atoms with van der Waals surface area (Å²) in [5.41, 5.74) is 0.670. The van der Waals surface area contributed by atoms with Gasteiger partial charge in [0, 0.05) is 0 Å². The third-order valence-corrected chi connectivity index (χ3v) is 3.27. The Hall–Kier alpha value is -1.85. The van der Waals surface area contributed by atoms with Gasteiger partial charge in [0.15, 0.2) is 0 Å². The van der Waals surface area contributed by atoms with Crippen molar-refractivity contribution in [2.75, 3.05) is 5.32 Å². The monoisotopic (exact) mass is 252 g/mol. The molecule has 2 N–H and O–H groups in total. The molecule has 98 valence electrons. The van der Waals surface area contributed by atoms with Crippen molar-refractivity contribution in [3.8, 4) is 0 Å². The molecule has 2 rings (SSSR count). The smallest absolute Gasteiger partial charge is 0.307 e. The Morgan fingerprint density at radius 3 is 2.61 bits per heavy atom. The SMILES string of the molecule is Cc1coc(NC(=O)C2CCCCC2C(=O)O)n1. The Morgan fingerprint density at radius 2 is 2.06 bits per heavy atom. The van der Waals surface area contributed by atoms with E-state index in [1.807, 2.05) is 0 Å². The normalized spacial score (nSPS) is 23.6. The van der Waals surface area contributed by atoms with Crippen LogP contribution in [0.1, 0.15) is 31.4 Å². The zero-order valence-corrected chi connectivity index (χ0v) is 10.2. The van der Waals surface area contributed by atoms with Crippen molar-refractivity contribution in [2.24, 2.45) is 11.8 Å². The number of rotatable bonds is 3. The van der Waals surface area contributed by atoms with E-state index in [2.05, 4.69) is 10.3 Å². The predicted octanol–water partition coefficient (Wildman–Crippen LogP) is 1.81. The third kappa shape index (κ3) is 2.69. The van der Waals surface area contributed by atoms with Crippen LogP contribution < -0.4 is 5.32 Å². The number of carbonyl (C=O) groups excluding carboxylic acids is 1. The molecule has 0 bridgehead atoms. The van der Waals surface area contributed by atoms with Crippen LogP contribution >= 0.6 is 0 Å². The fourth-order valence-electron chi connectivity index (χ4n) is 2.35. The van der Waals surface area contributed by atoms with Gasteiger partial charge in [-0.2, -0.15) is 4.98 Å². The van der Waals surface area contributed by atoms with Crippen molar-refractivity contribution in [3.05, 3.63) is 12.0 Å². The molecule has 2 atom stereocenters. The molecular formula is C12H16N2O4. The third-order valence-electron chi connectivity index (χ3n) is 3.27. The lowest BCUT2D eigenvalue weighted by Crippen LogP contribution is -2.36. The molecule has 1 heterocycles. The van der Waals surface area contributed by atoms with E-state index >= 15 is 0 Å². The first-order valence-electron chi connectivity index (χ1n) is 6.03. The van der Waals surface area contributed by atoms with Crippen molar-refractivity contribution in [1.82, 2.24) is 4.98 Å². The van der Waals surface area contributed by atoms with E-state index in [-0.39, 0.29) is 11.9 Å². The van der Waals surface area contributed by atoms with Crippen molar-refractivity contribution < 1.29 is 19.1 Å². The van der Waals surface area contributed by atoms with Gasteiger partial charge in [-0.05, 0) is 19.8 Å². The van der Waals surface area contributed by atoms with Gasteiger partial charge < -0.3 is 9.52 Å². The number of aromatic nitrogens is 1. The van der Waals surface area contributed by atoms with Crippen LogP contribution in [0.3, 0.4) is 0 Å². The first-order chi connectivity index (χ1) is 8.58. The Labute approximate surface area is 104 Å². The van der Waals surface area contributed by atoms with E-state index in [0.29, 0.717) is 18.5 Å². The fourth-order valence-corrected chi connectivity index (χ4v) is 2.35. The molecule has 0 saturated heterocycles. The maximum atomic E-state index is 12.0. The van der Waals surface area contributed by atoms with Gasteiger partial charge in [0.1, 0.15) is 6.26 Å². The summed E-state index contributed by atoms with van der Waals surface area (Å²) in [5.74, 6) is -2.32. The first-order valence-corrected chi connectivity index (χ1v) is 6.03. The van der Waals surface area contributed by atoms with E-state index in [4.69, 9.17) is 9.52 Å². The second-order valence-corrected chi connectivity index (χ2v) is 4.62. The quantitative estimate of drug-likeness (QED) is 0.855. The lowest BCUT2D eigenvalue weighted by molar-refractivity contribution is -0.147. The van der Waals surface area contributed by atoms with E-state index in [9.17, 15) is 9.59 Å². The topological polar surface area (TPSA) is 92.4 Å². The number of carboxylic acids is 1. The minimum Gasteiger partial charge on any atom is -0.481 e. The number of anilines is 1. The van der Waals surface area contributed by atoms with Gasteiger partial charge in [0.25, 0.3) is 0 Å². The Bertz CT molecular complexity index is 455. The van der Waals surface area contributed by atoms with E-state index in [0.717, 1.165) is 12.8 Å². The van der Waals surface area contributed by atoms with Crippen LogP contribution in [0.15, 0.2) is 10.7 Å². The van der Waals surface area contributed by atoms with Crippen LogP contribution in [0, 0.1) is 18.8 Å². The van der Waals surface area contributed by atoms with Crippen LogP contribution in [0.25, 0.3) is 0 Å². The van der Waals surface area contributed by atoms with Crippen LogP contribution in [0.2, 0.25) is 0 Å². The van der Waals surface area contributed by atoms with Gasteiger partial charge in [0.2, 0.25) is 5.91 Å². The summed E-state index contributed by atoms with van der Waals surface area (Å²) in [6.45, 7) is 1.75. The standard InChI is InChI=1S/C12H16N2O4/c1-7-6-18-12(13-7)14-10(15)8-4-2-3-5-9(8)11(16)17/h6,8-9H,2-5H2,1H3,(H,16,17)(H,13,14,15). The van der Waals surface area contributed by atoms with Gasteiger partial charge >= 0.3 is 12.0 Å². The molecule has 1 fully saturated rings. The molecule has 6 heteroatoms. The van der Waals surface area contributed by atoms with Crippen molar-refractivity contribution in [1.29, 1.82) is 0 Å². The van der Waals surface area contributed by atoms with E-state index in [1.165, 1.54) is 6.26 Å². The van der Waals surface area contributed by atoms with E-state index in [1.54, 1.807) is 6.92 Å². The molecule has 1 saturated carbocycles. The minimum absolute atomic E-state index is 0.132. The first kappa shape index (κ1) is 12.6. The van der Waals surface area contributed by atoms with Crippen LogP contribution in [-0.2, 0) is 9.59 Å². The van der Waals surface area contributed by atoms with Gasteiger partial charge in [-0.25, -0.2) is 0 Å². The highest BCUT2D eigenvalue weighted by atomic mass is 16.4.